The van der Waals surface area contributed by atoms with Gasteiger partial charge in [-0.25, -0.2) is 8.42 Å². The van der Waals surface area contributed by atoms with Crippen LogP contribution in [0.5, 0.6) is 11.5 Å². The Bertz CT molecular complexity index is 1190. The number of carbonyl (C=O) groups excluding carboxylic acids is 1. The number of sulfonamides is 1. The van der Waals surface area contributed by atoms with E-state index >= 15 is 0 Å². The number of rotatable bonds is 11. The van der Waals surface area contributed by atoms with E-state index in [1.807, 2.05) is 13.8 Å². The highest BCUT2D eigenvalue weighted by atomic mass is 32.2. The standard InChI is InChI=1S/C23H37N3O6S.C6H4/c1-16(2)26(22(25-33(4,28)29)18-9-11-24-15-18)23(27)17-7-8-20(30-3)21(14-17)32-13-10-19-6-5-12-31-19;1-2-6-4-3-5(1)6/h7-8,14,16,18-19,22,24-25H,5-6,9-13,15H2,1-4H3;1-4H/t18-,19?,22?;/m0./s1. The van der Waals surface area contributed by atoms with Gasteiger partial charge in [-0.15, -0.1) is 0 Å². The van der Waals surface area contributed by atoms with Gasteiger partial charge >= 0.3 is 0 Å². The largest absolute Gasteiger partial charge is 0.493 e. The van der Waals surface area contributed by atoms with Crippen molar-refractivity contribution >= 4 is 15.9 Å². The molecule has 9 nitrogen and oxygen atoms in total. The van der Waals surface area contributed by atoms with Gasteiger partial charge < -0.3 is 24.4 Å². The van der Waals surface area contributed by atoms with Crippen LogP contribution in [0, 0.1) is 5.92 Å². The molecule has 5 rings (SSSR count). The molecule has 0 bridgehead atoms. The third-order valence-corrected chi connectivity index (χ3v) is 7.99. The first-order valence-electron chi connectivity index (χ1n) is 13.7. The molecule has 2 unspecified atom stereocenters. The first kappa shape index (κ1) is 29.3. The first-order valence-corrected chi connectivity index (χ1v) is 15.6. The molecule has 0 spiro atoms. The van der Waals surface area contributed by atoms with E-state index in [1.54, 1.807) is 30.2 Å². The van der Waals surface area contributed by atoms with E-state index in [9.17, 15) is 13.2 Å². The van der Waals surface area contributed by atoms with Crippen LogP contribution in [0.2, 0.25) is 0 Å². The second-order valence-electron chi connectivity index (χ2n) is 10.6. The summed E-state index contributed by atoms with van der Waals surface area (Å²) in [5, 5.41) is 3.26. The summed E-state index contributed by atoms with van der Waals surface area (Å²) in [7, 11) is -1.96. The average molecular weight is 560 g/mol. The maximum absolute atomic E-state index is 13.7. The summed E-state index contributed by atoms with van der Waals surface area (Å²) in [4.78, 5) is 15.3. The Balaban J connectivity index is 0.000000508. The van der Waals surface area contributed by atoms with Gasteiger partial charge in [0.25, 0.3) is 5.91 Å². The lowest BCUT2D eigenvalue weighted by molar-refractivity contribution is 0.0511. The van der Waals surface area contributed by atoms with Crippen LogP contribution in [0.25, 0.3) is 11.1 Å². The van der Waals surface area contributed by atoms with Crippen molar-refractivity contribution in [2.24, 2.45) is 5.92 Å². The second-order valence-corrected chi connectivity index (χ2v) is 12.4. The SMILES string of the molecule is COc1ccc(C(=O)N(C(C)C)C(NS(C)(=O)=O)[C@H]2CCNC2)cc1OCCC1CCCO1.c1cc2ccc1-2. The lowest BCUT2D eigenvalue weighted by Gasteiger charge is -2.38. The van der Waals surface area contributed by atoms with E-state index in [0.29, 0.717) is 30.2 Å². The predicted octanol–water partition coefficient (Wildman–Crippen LogP) is 3.65. The van der Waals surface area contributed by atoms with E-state index in [4.69, 9.17) is 14.2 Å². The van der Waals surface area contributed by atoms with Gasteiger partial charge in [-0.3, -0.25) is 4.79 Å². The summed E-state index contributed by atoms with van der Waals surface area (Å²) >= 11 is 0. The number of hydrogen-bond acceptors (Lipinski definition) is 7. The molecule has 2 saturated heterocycles. The molecule has 1 amide bonds. The molecule has 39 heavy (non-hydrogen) atoms. The molecule has 3 atom stereocenters. The number of methoxy groups -OCH3 is 1. The fourth-order valence-electron chi connectivity index (χ4n) is 5.13. The van der Waals surface area contributed by atoms with E-state index in [2.05, 4.69) is 34.3 Å². The minimum atomic E-state index is -3.52. The number of amides is 1. The van der Waals surface area contributed by atoms with Crippen LogP contribution in [-0.2, 0) is 14.8 Å². The normalized spacial score (nSPS) is 20.2. The number of fused-ring (bicyclic) bond motifs is 1. The minimum absolute atomic E-state index is 0.0218. The molecule has 2 aliphatic carbocycles. The maximum atomic E-state index is 13.7. The van der Waals surface area contributed by atoms with Crippen molar-refractivity contribution in [2.75, 3.05) is 39.7 Å². The zero-order valence-electron chi connectivity index (χ0n) is 23.3. The molecule has 2 aliphatic heterocycles. The van der Waals surface area contributed by atoms with Crippen molar-refractivity contribution < 1.29 is 27.4 Å². The molecule has 214 valence electrons. The molecule has 2 heterocycles. The Morgan fingerprint density at radius 1 is 1.13 bits per heavy atom. The highest BCUT2D eigenvalue weighted by Gasteiger charge is 2.36. The molecular weight excluding hydrogens is 518 g/mol. The molecule has 10 heteroatoms. The van der Waals surface area contributed by atoms with Crippen LogP contribution >= 0.6 is 0 Å². The number of nitrogens with zero attached hydrogens (tertiary/aromatic N) is 1. The predicted molar refractivity (Wildman–Crippen MR) is 152 cm³/mol. The van der Waals surface area contributed by atoms with E-state index < -0.39 is 16.2 Å². The summed E-state index contributed by atoms with van der Waals surface area (Å²) in [6.07, 6.45) is 4.35. The van der Waals surface area contributed by atoms with Crippen molar-refractivity contribution in [2.45, 2.75) is 57.8 Å². The Morgan fingerprint density at radius 2 is 1.85 bits per heavy atom. The van der Waals surface area contributed by atoms with Gasteiger partial charge in [-0.2, -0.15) is 4.72 Å². The topological polar surface area (TPSA) is 106 Å². The van der Waals surface area contributed by atoms with Gasteiger partial charge in [0, 0.05) is 37.1 Å². The smallest absolute Gasteiger partial charge is 0.255 e. The van der Waals surface area contributed by atoms with Gasteiger partial charge in [0.1, 0.15) is 6.17 Å². The van der Waals surface area contributed by atoms with E-state index in [0.717, 1.165) is 45.1 Å². The lowest BCUT2D eigenvalue weighted by atomic mass is 9.95. The average Bonchev–Trinajstić information content (AvgIpc) is 3.60. The highest BCUT2D eigenvalue weighted by molar-refractivity contribution is 7.88. The van der Waals surface area contributed by atoms with Crippen LogP contribution in [-0.4, -0.2) is 77.2 Å². The molecule has 1 aromatic carbocycles. The maximum Gasteiger partial charge on any atom is 0.255 e. The summed E-state index contributed by atoms with van der Waals surface area (Å²) in [6, 6.07) is 13.3. The number of hydrogen-bond donors (Lipinski definition) is 2. The number of ether oxygens (including phenoxy) is 3. The molecule has 4 aliphatic rings. The highest BCUT2D eigenvalue weighted by Crippen LogP contribution is 2.31. The fraction of sp³-hybridized carbons (Fsp3) is 0.552. The fourth-order valence-corrected chi connectivity index (χ4v) is 5.88. The summed E-state index contributed by atoms with van der Waals surface area (Å²) in [5.74, 6) is 0.747. The van der Waals surface area contributed by atoms with Crippen molar-refractivity contribution in [3.8, 4) is 22.6 Å². The molecular formula is C29H41N3O6S. The number of carbonyl (C=O) groups is 1. The zero-order chi connectivity index (χ0) is 28.0. The van der Waals surface area contributed by atoms with E-state index in [1.165, 1.54) is 11.1 Å². The number of nitrogens with one attached hydrogen (secondary N) is 2. The van der Waals surface area contributed by atoms with Crippen LogP contribution in [0.4, 0.5) is 0 Å². The second kappa shape index (κ2) is 13.1. The Morgan fingerprint density at radius 3 is 2.33 bits per heavy atom. The summed E-state index contributed by atoms with van der Waals surface area (Å²) in [6.45, 7) is 6.46. The van der Waals surface area contributed by atoms with Crippen molar-refractivity contribution in [1.82, 2.24) is 14.9 Å². The van der Waals surface area contributed by atoms with Crippen LogP contribution in [0.3, 0.4) is 0 Å². The third-order valence-electron chi connectivity index (χ3n) is 7.32. The van der Waals surface area contributed by atoms with Crippen molar-refractivity contribution in [3.05, 3.63) is 48.0 Å². The first-order chi connectivity index (χ1) is 18.7. The molecule has 0 radical (unpaired) electrons. The number of benzene rings is 2. The Labute approximate surface area is 232 Å². The molecule has 1 aromatic rings. The minimum Gasteiger partial charge on any atom is -0.493 e. The zero-order valence-corrected chi connectivity index (χ0v) is 24.1. The van der Waals surface area contributed by atoms with E-state index in [-0.39, 0.29) is 24.0 Å². The monoisotopic (exact) mass is 559 g/mol. The molecule has 2 N–H and O–H groups in total. The van der Waals surface area contributed by atoms with Crippen molar-refractivity contribution in [1.29, 1.82) is 0 Å². The quantitative estimate of drug-likeness (QED) is 0.346. The van der Waals surface area contributed by atoms with Crippen molar-refractivity contribution in [3.63, 3.8) is 0 Å². The molecule has 0 saturated carbocycles. The Kier molecular flexibility index (Phi) is 9.87. The van der Waals surface area contributed by atoms with Gasteiger partial charge in [-0.1, -0.05) is 24.3 Å². The van der Waals surface area contributed by atoms with Crippen LogP contribution < -0.4 is 19.5 Å². The third kappa shape index (κ3) is 7.72. The van der Waals surface area contributed by atoms with Gasteiger partial charge in [0.05, 0.1) is 26.1 Å². The Hall–Kier alpha value is -2.66. The van der Waals surface area contributed by atoms with Crippen LogP contribution in [0.15, 0.2) is 42.5 Å². The van der Waals surface area contributed by atoms with Gasteiger partial charge in [-0.05, 0) is 69.0 Å². The van der Waals surface area contributed by atoms with Gasteiger partial charge in [0.15, 0.2) is 11.5 Å². The summed E-state index contributed by atoms with van der Waals surface area (Å²) in [5.41, 5.74) is 3.27. The molecule has 2 fully saturated rings. The van der Waals surface area contributed by atoms with Gasteiger partial charge in [0.2, 0.25) is 10.0 Å². The lowest BCUT2D eigenvalue weighted by Crippen LogP contribution is -2.57. The molecule has 0 aromatic heterocycles. The summed E-state index contributed by atoms with van der Waals surface area (Å²) < 4.78 is 44.0. The van der Waals surface area contributed by atoms with Crippen LogP contribution in [0.1, 0.15) is 49.9 Å².